The molecular formula is C15H26O2. The second-order valence-corrected chi connectivity index (χ2v) is 6.60. The van der Waals surface area contributed by atoms with Crippen molar-refractivity contribution >= 4 is 0 Å². The van der Waals surface area contributed by atoms with Gasteiger partial charge in [-0.25, -0.2) is 0 Å². The highest BCUT2D eigenvalue weighted by atomic mass is 16.3. The average molecular weight is 238 g/mol. The first-order valence-corrected chi connectivity index (χ1v) is 6.95. The van der Waals surface area contributed by atoms with E-state index in [1.54, 1.807) is 0 Å². The molecule has 98 valence electrons. The van der Waals surface area contributed by atoms with Crippen LogP contribution in [-0.4, -0.2) is 21.9 Å². The van der Waals surface area contributed by atoms with Gasteiger partial charge in [0.15, 0.2) is 0 Å². The monoisotopic (exact) mass is 238 g/mol. The normalized spacial score (nSPS) is 39.2. The Bertz CT molecular complexity index is 324. The van der Waals surface area contributed by atoms with Crippen LogP contribution in [-0.2, 0) is 0 Å². The molecule has 0 spiro atoms. The van der Waals surface area contributed by atoms with Crippen LogP contribution in [0.15, 0.2) is 11.1 Å². The summed E-state index contributed by atoms with van der Waals surface area (Å²) in [4.78, 5) is 0. The summed E-state index contributed by atoms with van der Waals surface area (Å²) in [7, 11) is 0. The summed E-state index contributed by atoms with van der Waals surface area (Å²) in [6, 6.07) is 0. The maximum absolute atomic E-state index is 10.6. The van der Waals surface area contributed by atoms with Gasteiger partial charge in [-0.2, -0.15) is 0 Å². The van der Waals surface area contributed by atoms with E-state index in [9.17, 15) is 10.2 Å². The van der Waals surface area contributed by atoms with E-state index in [1.807, 2.05) is 13.8 Å². The zero-order valence-electron chi connectivity index (χ0n) is 11.5. The number of aliphatic hydroxyl groups excluding tert-OH is 1. The fourth-order valence-electron chi connectivity index (χ4n) is 3.72. The minimum Gasteiger partial charge on any atom is -0.390 e. The molecule has 2 heteroatoms. The van der Waals surface area contributed by atoms with Crippen LogP contribution in [0.4, 0.5) is 0 Å². The van der Waals surface area contributed by atoms with Gasteiger partial charge < -0.3 is 10.2 Å². The Morgan fingerprint density at radius 2 is 1.71 bits per heavy atom. The van der Waals surface area contributed by atoms with Gasteiger partial charge >= 0.3 is 0 Å². The van der Waals surface area contributed by atoms with Gasteiger partial charge in [-0.15, -0.1) is 0 Å². The van der Waals surface area contributed by atoms with Crippen molar-refractivity contribution in [3.63, 3.8) is 0 Å². The Morgan fingerprint density at radius 3 is 2.29 bits per heavy atom. The van der Waals surface area contributed by atoms with E-state index in [4.69, 9.17) is 0 Å². The van der Waals surface area contributed by atoms with E-state index in [0.29, 0.717) is 11.8 Å². The molecule has 0 bridgehead atoms. The lowest BCUT2D eigenvalue weighted by Gasteiger charge is -2.34. The van der Waals surface area contributed by atoms with Crippen LogP contribution >= 0.6 is 0 Å². The van der Waals surface area contributed by atoms with E-state index in [-0.39, 0.29) is 5.92 Å². The van der Waals surface area contributed by atoms with Crippen molar-refractivity contribution in [3.05, 3.63) is 11.1 Å². The first-order valence-electron chi connectivity index (χ1n) is 6.95. The summed E-state index contributed by atoms with van der Waals surface area (Å²) in [5.74, 6) is 1.06. The van der Waals surface area contributed by atoms with Gasteiger partial charge in [-0.05, 0) is 56.9 Å². The fourth-order valence-corrected chi connectivity index (χ4v) is 3.72. The molecule has 2 aliphatic rings. The third-order valence-electron chi connectivity index (χ3n) is 4.86. The van der Waals surface area contributed by atoms with E-state index < -0.39 is 11.7 Å². The van der Waals surface area contributed by atoms with Crippen molar-refractivity contribution in [2.24, 2.45) is 17.8 Å². The summed E-state index contributed by atoms with van der Waals surface area (Å²) < 4.78 is 0. The lowest BCUT2D eigenvalue weighted by molar-refractivity contribution is -0.0397. The fraction of sp³-hybridized carbons (Fsp3) is 0.867. The minimum absolute atomic E-state index is 0.0157. The van der Waals surface area contributed by atoms with Crippen molar-refractivity contribution in [1.82, 2.24) is 0 Å². The third kappa shape index (κ3) is 2.30. The summed E-state index contributed by atoms with van der Waals surface area (Å²) in [5, 5.41) is 20.9. The highest BCUT2D eigenvalue weighted by Gasteiger charge is 2.41. The van der Waals surface area contributed by atoms with Crippen molar-refractivity contribution in [3.8, 4) is 0 Å². The van der Waals surface area contributed by atoms with Gasteiger partial charge in [0.1, 0.15) is 0 Å². The summed E-state index contributed by atoms with van der Waals surface area (Å²) in [6.07, 6.45) is 3.90. The summed E-state index contributed by atoms with van der Waals surface area (Å²) >= 11 is 0. The molecule has 2 nitrogen and oxygen atoms in total. The largest absolute Gasteiger partial charge is 0.390 e. The number of rotatable bonds is 1. The Balaban J connectivity index is 2.35. The van der Waals surface area contributed by atoms with Gasteiger partial charge in [0, 0.05) is 5.92 Å². The van der Waals surface area contributed by atoms with Crippen LogP contribution in [0.25, 0.3) is 0 Å². The maximum Gasteiger partial charge on any atom is 0.0810 e. The quantitative estimate of drug-likeness (QED) is 0.690. The molecule has 0 amide bonds. The van der Waals surface area contributed by atoms with Crippen molar-refractivity contribution in [2.75, 3.05) is 0 Å². The molecule has 0 aromatic carbocycles. The van der Waals surface area contributed by atoms with Crippen LogP contribution in [0.3, 0.4) is 0 Å². The molecule has 2 N–H and O–H groups in total. The van der Waals surface area contributed by atoms with E-state index >= 15 is 0 Å². The predicted octanol–water partition coefficient (Wildman–Crippen LogP) is 2.89. The predicted molar refractivity (Wildman–Crippen MR) is 69.6 cm³/mol. The molecule has 0 aromatic heterocycles. The lowest BCUT2D eigenvalue weighted by Crippen LogP contribution is -2.40. The highest BCUT2D eigenvalue weighted by Crippen LogP contribution is 2.46. The highest BCUT2D eigenvalue weighted by molar-refractivity contribution is 5.30. The van der Waals surface area contributed by atoms with Gasteiger partial charge in [0.25, 0.3) is 0 Å². The molecule has 2 rings (SSSR count). The van der Waals surface area contributed by atoms with Crippen LogP contribution in [0.2, 0.25) is 0 Å². The van der Waals surface area contributed by atoms with Gasteiger partial charge in [0.2, 0.25) is 0 Å². The van der Waals surface area contributed by atoms with E-state index in [1.165, 1.54) is 17.6 Å². The third-order valence-corrected chi connectivity index (χ3v) is 4.86. The zero-order valence-corrected chi connectivity index (χ0v) is 11.5. The average Bonchev–Trinajstić information content (AvgIpc) is 2.51. The number of hydrogen-bond donors (Lipinski definition) is 2. The number of hydrogen-bond acceptors (Lipinski definition) is 2. The second kappa shape index (κ2) is 4.40. The maximum atomic E-state index is 10.6. The molecule has 0 fully saturated rings. The van der Waals surface area contributed by atoms with E-state index in [0.717, 1.165) is 19.3 Å². The summed E-state index contributed by atoms with van der Waals surface area (Å²) in [6.45, 7) is 8.14. The van der Waals surface area contributed by atoms with Gasteiger partial charge in [0.05, 0.1) is 11.7 Å². The molecule has 4 atom stereocenters. The molecule has 0 saturated carbocycles. The van der Waals surface area contributed by atoms with Crippen molar-refractivity contribution in [2.45, 2.75) is 65.1 Å². The first kappa shape index (κ1) is 13.1. The first-order chi connectivity index (χ1) is 7.82. The molecule has 0 saturated heterocycles. The smallest absolute Gasteiger partial charge is 0.0810 e. The Morgan fingerprint density at radius 1 is 1.06 bits per heavy atom. The molecule has 0 aromatic rings. The number of allylic oxidation sites excluding steroid dienone is 1. The minimum atomic E-state index is -0.788. The molecular weight excluding hydrogens is 212 g/mol. The molecule has 1 unspecified atom stereocenters. The molecule has 17 heavy (non-hydrogen) atoms. The van der Waals surface area contributed by atoms with Crippen molar-refractivity contribution < 1.29 is 10.2 Å². The van der Waals surface area contributed by atoms with Gasteiger partial charge in [-0.3, -0.25) is 0 Å². The molecule has 0 heterocycles. The Kier molecular flexibility index (Phi) is 3.39. The summed E-state index contributed by atoms with van der Waals surface area (Å²) in [5.41, 5.74) is 1.95. The topological polar surface area (TPSA) is 40.5 Å². The molecule has 0 aliphatic heterocycles. The SMILES string of the molecule is C[C@H]1CC[C@@H](C(C)(C)O)C(O)C2=C1CC[C@@H]2C. The standard InChI is InChI=1S/C15H26O2/c1-9-6-8-12(15(3,4)17)14(16)13-10(2)5-7-11(9)13/h9-10,12,14,16-17H,5-8H2,1-4H3/t9-,10-,12+,14?/m0/s1. The van der Waals surface area contributed by atoms with Gasteiger partial charge in [-0.1, -0.05) is 19.4 Å². The zero-order chi connectivity index (χ0) is 12.8. The second-order valence-electron chi connectivity index (χ2n) is 6.60. The Hall–Kier alpha value is -0.340. The lowest BCUT2D eigenvalue weighted by atomic mass is 9.79. The molecule has 2 aliphatic carbocycles. The Labute approximate surface area is 105 Å². The van der Waals surface area contributed by atoms with Crippen molar-refractivity contribution in [1.29, 1.82) is 0 Å². The van der Waals surface area contributed by atoms with Crippen LogP contribution in [0.1, 0.15) is 53.4 Å². The van der Waals surface area contributed by atoms with Crippen LogP contribution < -0.4 is 0 Å². The van der Waals surface area contributed by atoms with E-state index in [2.05, 4.69) is 13.8 Å². The molecule has 0 radical (unpaired) electrons. The van der Waals surface area contributed by atoms with Crippen LogP contribution in [0.5, 0.6) is 0 Å². The van der Waals surface area contributed by atoms with Crippen LogP contribution in [0, 0.1) is 17.8 Å². The number of aliphatic hydroxyl groups is 2.